The number of likely N-dealkylation sites (N-methyl/N-ethyl adjacent to an activating group) is 1. The monoisotopic (exact) mass is 152 g/mol. The summed E-state index contributed by atoms with van der Waals surface area (Å²) in [5.74, 6) is 0. The summed E-state index contributed by atoms with van der Waals surface area (Å²) in [5.41, 5.74) is 6.98. The molecule has 0 aromatic carbocycles. The Bertz CT molecular complexity index is 207. The fourth-order valence-electron chi connectivity index (χ4n) is 1.16. The van der Waals surface area contributed by atoms with Gasteiger partial charge < -0.3 is 0 Å². The van der Waals surface area contributed by atoms with Crippen LogP contribution in [0.2, 0.25) is 0 Å². The number of nitrogens with one attached hydrogen (secondary N) is 1. The SMILES string of the molecule is CC[N+]1(C)C=CC=CC1N=N. The summed E-state index contributed by atoms with van der Waals surface area (Å²) >= 11 is 0. The zero-order valence-corrected chi connectivity index (χ0v) is 6.99. The van der Waals surface area contributed by atoms with E-state index in [-0.39, 0.29) is 6.17 Å². The van der Waals surface area contributed by atoms with Crippen LogP contribution in [-0.4, -0.2) is 24.2 Å². The molecule has 0 spiro atoms. The summed E-state index contributed by atoms with van der Waals surface area (Å²) in [6, 6.07) is 0. The minimum absolute atomic E-state index is 0.0231. The van der Waals surface area contributed by atoms with Crippen LogP contribution in [0, 0.1) is 5.53 Å². The Kier molecular flexibility index (Phi) is 2.19. The molecule has 0 aromatic heterocycles. The Morgan fingerprint density at radius 1 is 1.55 bits per heavy atom. The van der Waals surface area contributed by atoms with E-state index in [4.69, 9.17) is 5.53 Å². The number of nitrogens with zero attached hydrogens (tertiary/aromatic N) is 2. The highest BCUT2D eigenvalue weighted by Gasteiger charge is 2.27. The Morgan fingerprint density at radius 2 is 2.27 bits per heavy atom. The predicted molar refractivity (Wildman–Crippen MR) is 43.9 cm³/mol. The smallest absolute Gasteiger partial charge is 0.224 e. The van der Waals surface area contributed by atoms with Gasteiger partial charge in [-0.05, 0) is 19.1 Å². The third kappa shape index (κ3) is 1.38. The summed E-state index contributed by atoms with van der Waals surface area (Å²) in [6.45, 7) is 3.07. The molecule has 0 saturated carbocycles. The van der Waals surface area contributed by atoms with Gasteiger partial charge in [-0.3, -0.25) is 4.48 Å². The molecule has 0 bridgehead atoms. The first-order valence-electron chi connectivity index (χ1n) is 3.80. The Morgan fingerprint density at radius 3 is 2.73 bits per heavy atom. The minimum Gasteiger partial charge on any atom is -0.274 e. The second-order valence-corrected chi connectivity index (χ2v) is 2.93. The lowest BCUT2D eigenvalue weighted by molar-refractivity contribution is -0.877. The molecule has 2 atom stereocenters. The van der Waals surface area contributed by atoms with Gasteiger partial charge in [0.15, 0.2) is 0 Å². The molecule has 2 unspecified atom stereocenters. The van der Waals surface area contributed by atoms with Crippen molar-refractivity contribution >= 4 is 0 Å². The van der Waals surface area contributed by atoms with E-state index in [0.29, 0.717) is 4.48 Å². The van der Waals surface area contributed by atoms with Gasteiger partial charge in [0.05, 0.1) is 19.8 Å². The fourth-order valence-corrected chi connectivity index (χ4v) is 1.16. The van der Waals surface area contributed by atoms with Crippen LogP contribution in [0.1, 0.15) is 6.92 Å². The van der Waals surface area contributed by atoms with Gasteiger partial charge in [0, 0.05) is 0 Å². The van der Waals surface area contributed by atoms with E-state index >= 15 is 0 Å². The van der Waals surface area contributed by atoms with Crippen molar-refractivity contribution in [3.63, 3.8) is 0 Å². The molecule has 1 aliphatic rings. The number of hydrogen-bond donors (Lipinski definition) is 1. The summed E-state index contributed by atoms with van der Waals surface area (Å²) in [5, 5.41) is 3.56. The number of rotatable bonds is 2. The van der Waals surface area contributed by atoms with E-state index in [0.717, 1.165) is 6.54 Å². The predicted octanol–water partition coefficient (Wildman–Crippen LogP) is 1.89. The van der Waals surface area contributed by atoms with Gasteiger partial charge in [-0.2, -0.15) is 0 Å². The Balaban J connectivity index is 2.85. The third-order valence-electron chi connectivity index (χ3n) is 2.24. The number of allylic oxidation sites excluding steroid dienone is 2. The van der Waals surface area contributed by atoms with E-state index in [1.54, 1.807) is 0 Å². The maximum atomic E-state index is 6.98. The van der Waals surface area contributed by atoms with Gasteiger partial charge >= 0.3 is 0 Å². The van der Waals surface area contributed by atoms with E-state index in [1.807, 2.05) is 18.2 Å². The quantitative estimate of drug-likeness (QED) is 0.463. The van der Waals surface area contributed by atoms with E-state index in [2.05, 4.69) is 25.3 Å². The van der Waals surface area contributed by atoms with Crippen LogP contribution in [0.25, 0.3) is 0 Å². The molecule has 1 aliphatic heterocycles. The molecular weight excluding hydrogens is 138 g/mol. The molecular formula is C8H14N3+. The van der Waals surface area contributed by atoms with Crippen molar-refractivity contribution in [1.82, 2.24) is 0 Å². The molecule has 1 N–H and O–H groups in total. The van der Waals surface area contributed by atoms with Crippen molar-refractivity contribution in [3.8, 4) is 0 Å². The third-order valence-corrected chi connectivity index (χ3v) is 2.24. The first-order chi connectivity index (χ1) is 5.23. The van der Waals surface area contributed by atoms with Gasteiger partial charge in [-0.1, -0.05) is 6.08 Å². The summed E-state index contributed by atoms with van der Waals surface area (Å²) in [4.78, 5) is 0. The van der Waals surface area contributed by atoms with Crippen LogP contribution >= 0.6 is 0 Å². The molecule has 3 heteroatoms. The van der Waals surface area contributed by atoms with Gasteiger partial charge in [0.25, 0.3) is 0 Å². The highest BCUT2D eigenvalue weighted by Crippen LogP contribution is 2.17. The molecule has 60 valence electrons. The van der Waals surface area contributed by atoms with Crippen LogP contribution in [0.5, 0.6) is 0 Å². The normalized spacial score (nSPS) is 35.6. The highest BCUT2D eigenvalue weighted by atomic mass is 15.4. The molecule has 0 aromatic rings. The van der Waals surface area contributed by atoms with Crippen molar-refractivity contribution in [2.75, 3.05) is 13.6 Å². The molecule has 3 nitrogen and oxygen atoms in total. The van der Waals surface area contributed by atoms with Crippen LogP contribution < -0.4 is 0 Å². The molecule has 0 fully saturated rings. The Hall–Kier alpha value is -0.960. The van der Waals surface area contributed by atoms with Crippen molar-refractivity contribution < 1.29 is 4.48 Å². The number of quaternary nitrogens is 1. The topological polar surface area (TPSA) is 36.2 Å². The summed E-state index contributed by atoms with van der Waals surface area (Å²) in [7, 11) is 2.07. The molecule has 1 rings (SSSR count). The van der Waals surface area contributed by atoms with Crippen molar-refractivity contribution in [2.24, 2.45) is 5.11 Å². The van der Waals surface area contributed by atoms with E-state index in [1.165, 1.54) is 0 Å². The van der Waals surface area contributed by atoms with Gasteiger partial charge in [-0.15, -0.1) is 5.11 Å². The van der Waals surface area contributed by atoms with Gasteiger partial charge in [0.2, 0.25) is 6.17 Å². The molecule has 0 radical (unpaired) electrons. The molecule has 0 saturated heterocycles. The standard InChI is InChI=1S/C8H14N3/c1-3-11(2)7-5-4-6-8(11)10-9/h4-9H,3H2,1-2H3/q+1. The van der Waals surface area contributed by atoms with Crippen LogP contribution in [0.3, 0.4) is 0 Å². The van der Waals surface area contributed by atoms with Crippen LogP contribution in [0.4, 0.5) is 0 Å². The van der Waals surface area contributed by atoms with E-state index < -0.39 is 0 Å². The van der Waals surface area contributed by atoms with Gasteiger partial charge in [-0.25, -0.2) is 5.53 Å². The lowest BCUT2D eigenvalue weighted by Gasteiger charge is -2.33. The molecule has 1 heterocycles. The van der Waals surface area contributed by atoms with Crippen molar-refractivity contribution in [1.29, 1.82) is 5.53 Å². The summed E-state index contributed by atoms with van der Waals surface area (Å²) in [6.07, 6.45) is 7.95. The van der Waals surface area contributed by atoms with Crippen molar-refractivity contribution in [3.05, 3.63) is 24.4 Å². The second-order valence-electron chi connectivity index (χ2n) is 2.93. The molecule has 0 amide bonds. The molecule has 0 aliphatic carbocycles. The van der Waals surface area contributed by atoms with Crippen LogP contribution in [0.15, 0.2) is 29.5 Å². The minimum atomic E-state index is -0.0231. The second kappa shape index (κ2) is 2.96. The average Bonchev–Trinajstić information content (AvgIpc) is 2.05. The maximum Gasteiger partial charge on any atom is 0.224 e. The Labute approximate surface area is 67.1 Å². The average molecular weight is 152 g/mol. The first-order valence-corrected chi connectivity index (χ1v) is 3.80. The van der Waals surface area contributed by atoms with Gasteiger partial charge in [0.1, 0.15) is 0 Å². The molecule has 11 heavy (non-hydrogen) atoms. The van der Waals surface area contributed by atoms with Crippen molar-refractivity contribution in [2.45, 2.75) is 13.1 Å². The first kappa shape index (κ1) is 8.14. The lowest BCUT2D eigenvalue weighted by atomic mass is 10.2. The lowest BCUT2D eigenvalue weighted by Crippen LogP contribution is -2.46. The highest BCUT2D eigenvalue weighted by molar-refractivity contribution is 5.06. The fraction of sp³-hybridized carbons (Fsp3) is 0.500. The zero-order valence-electron chi connectivity index (χ0n) is 6.99. The summed E-state index contributed by atoms with van der Waals surface area (Å²) < 4.78 is 0.708. The zero-order chi connectivity index (χ0) is 8.32. The van der Waals surface area contributed by atoms with Crippen LogP contribution in [-0.2, 0) is 0 Å². The largest absolute Gasteiger partial charge is 0.274 e. The number of hydrogen-bond acceptors (Lipinski definition) is 2. The maximum absolute atomic E-state index is 6.98. The van der Waals surface area contributed by atoms with E-state index in [9.17, 15) is 0 Å².